The molecule has 1 fully saturated rings. The molecule has 0 spiro atoms. The number of aromatic nitrogens is 2. The Hall–Kier alpha value is -1.36. The minimum atomic E-state index is 0.166. The Labute approximate surface area is 114 Å². The van der Waals surface area contributed by atoms with E-state index in [0.29, 0.717) is 12.5 Å². The van der Waals surface area contributed by atoms with E-state index in [-0.39, 0.29) is 11.8 Å². The molecule has 5 nitrogen and oxygen atoms in total. The Kier molecular flexibility index (Phi) is 4.58. The van der Waals surface area contributed by atoms with Gasteiger partial charge in [0.25, 0.3) is 0 Å². The van der Waals surface area contributed by atoms with Crippen molar-refractivity contribution in [2.45, 2.75) is 39.2 Å². The summed E-state index contributed by atoms with van der Waals surface area (Å²) < 4.78 is 1.78. The van der Waals surface area contributed by atoms with Crippen LogP contribution in [0.3, 0.4) is 0 Å². The third kappa shape index (κ3) is 3.56. The third-order valence-corrected chi connectivity index (χ3v) is 4.12. The van der Waals surface area contributed by atoms with E-state index in [0.717, 1.165) is 43.5 Å². The van der Waals surface area contributed by atoms with Crippen LogP contribution in [0.2, 0.25) is 0 Å². The average molecular weight is 264 g/mol. The number of rotatable bonds is 4. The van der Waals surface area contributed by atoms with Crippen LogP contribution in [0.5, 0.6) is 0 Å². The molecule has 2 rings (SSSR count). The molecule has 19 heavy (non-hydrogen) atoms. The molecule has 1 saturated carbocycles. The molecule has 5 heteroatoms. The van der Waals surface area contributed by atoms with Crippen LogP contribution in [-0.2, 0) is 18.4 Å². The molecule has 1 aliphatic rings. The van der Waals surface area contributed by atoms with Crippen molar-refractivity contribution in [3.8, 4) is 0 Å². The average Bonchev–Trinajstić information content (AvgIpc) is 2.74. The second kappa shape index (κ2) is 6.19. The first-order chi connectivity index (χ1) is 9.10. The Bertz CT molecular complexity index is 433. The maximum atomic E-state index is 12.1. The van der Waals surface area contributed by atoms with Gasteiger partial charge in [0.05, 0.1) is 5.69 Å². The number of hydrogen-bond donors (Lipinski definition) is 2. The number of amides is 1. The first kappa shape index (κ1) is 14.1. The number of carbonyl (C=O) groups is 1. The molecule has 0 bridgehead atoms. The lowest BCUT2D eigenvalue weighted by molar-refractivity contribution is -0.126. The Morgan fingerprint density at radius 2 is 2.16 bits per heavy atom. The summed E-state index contributed by atoms with van der Waals surface area (Å²) in [6, 6.07) is 0. The van der Waals surface area contributed by atoms with Gasteiger partial charge in [-0.3, -0.25) is 9.48 Å². The lowest BCUT2D eigenvalue weighted by Gasteiger charge is -2.26. The molecule has 0 atom stereocenters. The van der Waals surface area contributed by atoms with Gasteiger partial charge in [-0.15, -0.1) is 0 Å². The summed E-state index contributed by atoms with van der Waals surface area (Å²) in [4.78, 5) is 12.1. The first-order valence-electron chi connectivity index (χ1n) is 7.07. The smallest absolute Gasteiger partial charge is 0.223 e. The summed E-state index contributed by atoms with van der Waals surface area (Å²) in [5, 5.41) is 7.31. The molecule has 1 aromatic heterocycles. The van der Waals surface area contributed by atoms with Gasteiger partial charge in [-0.2, -0.15) is 5.10 Å². The van der Waals surface area contributed by atoms with Crippen LogP contribution >= 0.6 is 0 Å². The van der Waals surface area contributed by atoms with E-state index in [1.165, 1.54) is 0 Å². The number of nitrogens with one attached hydrogen (secondary N) is 1. The van der Waals surface area contributed by atoms with Crippen LogP contribution < -0.4 is 11.1 Å². The molecule has 1 aromatic rings. The third-order valence-electron chi connectivity index (χ3n) is 4.12. The Balaban J connectivity index is 1.80. The van der Waals surface area contributed by atoms with Gasteiger partial charge in [0.15, 0.2) is 0 Å². The highest BCUT2D eigenvalue weighted by atomic mass is 16.1. The predicted octanol–water partition coefficient (Wildman–Crippen LogP) is 1.11. The van der Waals surface area contributed by atoms with Gasteiger partial charge in [0.2, 0.25) is 5.91 Å². The molecule has 0 saturated heterocycles. The number of nitrogens with two attached hydrogens (primary N) is 1. The zero-order chi connectivity index (χ0) is 13.8. The minimum absolute atomic E-state index is 0.166. The van der Waals surface area contributed by atoms with Gasteiger partial charge in [0.1, 0.15) is 0 Å². The molecule has 1 amide bonds. The quantitative estimate of drug-likeness (QED) is 0.855. The summed E-state index contributed by atoms with van der Waals surface area (Å²) in [5.74, 6) is 0.961. The summed E-state index contributed by atoms with van der Waals surface area (Å²) in [7, 11) is 1.90. The fraction of sp³-hybridized carbons (Fsp3) is 0.714. The molecule has 0 unspecified atom stereocenters. The fourth-order valence-electron chi connectivity index (χ4n) is 2.81. The van der Waals surface area contributed by atoms with Crippen molar-refractivity contribution in [1.82, 2.24) is 15.1 Å². The van der Waals surface area contributed by atoms with Crippen molar-refractivity contribution in [2.24, 2.45) is 24.6 Å². The lowest BCUT2D eigenvalue weighted by atomic mass is 9.81. The zero-order valence-electron chi connectivity index (χ0n) is 11.9. The topological polar surface area (TPSA) is 72.9 Å². The van der Waals surface area contributed by atoms with E-state index in [9.17, 15) is 4.79 Å². The SMILES string of the molecule is Cc1nn(C)cc1CNC(=O)C1CCC(CN)CC1. The molecule has 106 valence electrons. The van der Waals surface area contributed by atoms with Crippen molar-refractivity contribution in [2.75, 3.05) is 6.54 Å². The normalized spacial score (nSPS) is 23.3. The molecule has 1 heterocycles. The van der Waals surface area contributed by atoms with E-state index in [1.807, 2.05) is 20.2 Å². The van der Waals surface area contributed by atoms with Crippen LogP contribution in [0, 0.1) is 18.8 Å². The van der Waals surface area contributed by atoms with Crippen molar-refractivity contribution in [3.63, 3.8) is 0 Å². The van der Waals surface area contributed by atoms with E-state index < -0.39 is 0 Å². The number of aryl methyl sites for hydroxylation is 2. The van der Waals surface area contributed by atoms with Crippen LogP contribution in [-0.4, -0.2) is 22.2 Å². The van der Waals surface area contributed by atoms with Crippen molar-refractivity contribution < 1.29 is 4.79 Å². The molecule has 3 N–H and O–H groups in total. The van der Waals surface area contributed by atoms with E-state index >= 15 is 0 Å². The van der Waals surface area contributed by atoms with Gasteiger partial charge in [-0.1, -0.05) is 0 Å². The second-order valence-electron chi connectivity index (χ2n) is 5.58. The van der Waals surface area contributed by atoms with E-state index in [4.69, 9.17) is 5.73 Å². The molecule has 0 aromatic carbocycles. The summed E-state index contributed by atoms with van der Waals surface area (Å²) >= 11 is 0. The van der Waals surface area contributed by atoms with E-state index in [2.05, 4.69) is 10.4 Å². The second-order valence-corrected chi connectivity index (χ2v) is 5.58. The summed E-state index contributed by atoms with van der Waals surface area (Å²) in [6.45, 7) is 3.30. The minimum Gasteiger partial charge on any atom is -0.352 e. The summed E-state index contributed by atoms with van der Waals surface area (Å²) in [5.41, 5.74) is 7.74. The van der Waals surface area contributed by atoms with Gasteiger partial charge < -0.3 is 11.1 Å². The fourth-order valence-corrected chi connectivity index (χ4v) is 2.81. The molecule has 0 aliphatic heterocycles. The maximum Gasteiger partial charge on any atom is 0.223 e. The van der Waals surface area contributed by atoms with Crippen molar-refractivity contribution >= 4 is 5.91 Å². The highest BCUT2D eigenvalue weighted by molar-refractivity contribution is 5.78. The Morgan fingerprint density at radius 3 is 2.68 bits per heavy atom. The highest BCUT2D eigenvalue weighted by Gasteiger charge is 2.25. The standard InChI is InChI=1S/C14H24N4O/c1-10-13(9-18(2)17-10)8-16-14(19)12-5-3-11(7-15)4-6-12/h9,11-12H,3-8,15H2,1-2H3,(H,16,19). The first-order valence-corrected chi connectivity index (χ1v) is 7.07. The highest BCUT2D eigenvalue weighted by Crippen LogP contribution is 2.28. The lowest BCUT2D eigenvalue weighted by Crippen LogP contribution is -2.34. The molecule has 0 radical (unpaired) electrons. The van der Waals surface area contributed by atoms with Crippen LogP contribution in [0.25, 0.3) is 0 Å². The van der Waals surface area contributed by atoms with Gasteiger partial charge >= 0.3 is 0 Å². The largest absolute Gasteiger partial charge is 0.352 e. The van der Waals surface area contributed by atoms with Gasteiger partial charge in [-0.25, -0.2) is 0 Å². The monoisotopic (exact) mass is 264 g/mol. The zero-order valence-corrected chi connectivity index (χ0v) is 11.9. The van der Waals surface area contributed by atoms with Gasteiger partial charge in [-0.05, 0) is 45.1 Å². The number of nitrogens with zero attached hydrogens (tertiary/aromatic N) is 2. The van der Waals surface area contributed by atoms with Crippen LogP contribution in [0.1, 0.15) is 36.9 Å². The van der Waals surface area contributed by atoms with Crippen molar-refractivity contribution in [1.29, 1.82) is 0 Å². The number of carbonyl (C=O) groups excluding carboxylic acids is 1. The summed E-state index contributed by atoms with van der Waals surface area (Å²) in [6.07, 6.45) is 6.07. The molecular weight excluding hydrogens is 240 g/mol. The Morgan fingerprint density at radius 1 is 1.47 bits per heavy atom. The van der Waals surface area contributed by atoms with Crippen molar-refractivity contribution in [3.05, 3.63) is 17.5 Å². The molecular formula is C14H24N4O. The maximum absolute atomic E-state index is 12.1. The van der Waals surface area contributed by atoms with Gasteiger partial charge in [0, 0.05) is 31.3 Å². The predicted molar refractivity (Wildman–Crippen MR) is 74.3 cm³/mol. The number of hydrogen-bond acceptors (Lipinski definition) is 3. The van der Waals surface area contributed by atoms with Crippen LogP contribution in [0.4, 0.5) is 0 Å². The molecule has 1 aliphatic carbocycles. The van der Waals surface area contributed by atoms with Crippen LogP contribution in [0.15, 0.2) is 6.20 Å². The van der Waals surface area contributed by atoms with E-state index in [1.54, 1.807) is 4.68 Å².